The molecule has 0 saturated carbocycles. The van der Waals surface area contributed by atoms with E-state index in [-0.39, 0.29) is 5.75 Å². The van der Waals surface area contributed by atoms with Gasteiger partial charge in [0.05, 0.1) is 15.9 Å². The van der Waals surface area contributed by atoms with Gasteiger partial charge in [0.15, 0.2) is 4.34 Å². The second-order valence-electron chi connectivity index (χ2n) is 7.10. The summed E-state index contributed by atoms with van der Waals surface area (Å²) in [7, 11) is 0. The highest BCUT2D eigenvalue weighted by Gasteiger charge is 2.10. The molecule has 0 unspecified atom stereocenters. The van der Waals surface area contributed by atoms with Gasteiger partial charge in [-0.05, 0) is 52.7 Å². The van der Waals surface area contributed by atoms with Gasteiger partial charge in [0.25, 0.3) is 0 Å². The Morgan fingerprint density at radius 1 is 0.969 bits per heavy atom. The molecule has 0 atom stereocenters. The molecule has 0 radical (unpaired) electrons. The number of benzene rings is 4. The molecule has 0 bridgehead atoms. The number of phenolic OH excluding ortho intramolecular Hbond substituents is 1. The number of rotatable bonds is 5. The Kier molecular flexibility index (Phi) is 6.07. The Morgan fingerprint density at radius 2 is 1.78 bits per heavy atom. The highest BCUT2D eigenvalue weighted by Crippen LogP contribution is 2.36. The molecular formula is C25H16Cl2N2OS2. The van der Waals surface area contributed by atoms with E-state index >= 15 is 0 Å². The van der Waals surface area contributed by atoms with Gasteiger partial charge < -0.3 is 5.11 Å². The average molecular weight is 495 g/mol. The number of aliphatic imine (C=N–C) groups is 1. The van der Waals surface area contributed by atoms with Crippen LogP contribution < -0.4 is 0 Å². The van der Waals surface area contributed by atoms with Crippen molar-refractivity contribution in [1.29, 1.82) is 0 Å². The second-order valence-corrected chi connectivity index (χ2v) is 10.2. The maximum atomic E-state index is 10.3. The Balaban J connectivity index is 1.40. The third-order valence-corrected chi connectivity index (χ3v) is 7.94. The molecule has 3 nitrogen and oxygen atoms in total. The van der Waals surface area contributed by atoms with E-state index in [1.54, 1.807) is 35.4 Å². The van der Waals surface area contributed by atoms with E-state index in [0.717, 1.165) is 36.6 Å². The van der Waals surface area contributed by atoms with Crippen LogP contribution in [0.5, 0.6) is 5.75 Å². The normalized spacial score (nSPS) is 11.7. The fourth-order valence-corrected chi connectivity index (χ4v) is 6.24. The number of hydrogen-bond acceptors (Lipinski definition) is 5. The van der Waals surface area contributed by atoms with Crippen LogP contribution in [0.15, 0.2) is 82.1 Å². The number of halogens is 2. The quantitative estimate of drug-likeness (QED) is 0.196. The van der Waals surface area contributed by atoms with Gasteiger partial charge in [-0.25, -0.2) is 4.98 Å². The van der Waals surface area contributed by atoms with Crippen LogP contribution in [0.25, 0.3) is 21.0 Å². The van der Waals surface area contributed by atoms with Crippen molar-refractivity contribution in [3.05, 3.63) is 94.0 Å². The molecule has 5 aromatic rings. The van der Waals surface area contributed by atoms with Gasteiger partial charge in [0.2, 0.25) is 0 Å². The molecule has 0 saturated heterocycles. The van der Waals surface area contributed by atoms with Gasteiger partial charge in [0, 0.05) is 27.6 Å². The van der Waals surface area contributed by atoms with Crippen LogP contribution in [-0.2, 0) is 5.75 Å². The van der Waals surface area contributed by atoms with E-state index in [1.165, 1.54) is 0 Å². The van der Waals surface area contributed by atoms with Crippen LogP contribution in [0.4, 0.5) is 5.69 Å². The minimum Gasteiger partial charge on any atom is -0.507 e. The highest BCUT2D eigenvalue weighted by molar-refractivity contribution is 8.00. The van der Waals surface area contributed by atoms with E-state index in [1.807, 2.05) is 66.7 Å². The van der Waals surface area contributed by atoms with E-state index in [9.17, 15) is 5.11 Å². The number of aromatic nitrogens is 1. The third kappa shape index (κ3) is 4.34. The number of hydrogen-bond donors (Lipinski definition) is 1. The van der Waals surface area contributed by atoms with E-state index < -0.39 is 0 Å². The number of fused-ring (bicyclic) bond motifs is 2. The third-order valence-electron chi connectivity index (χ3n) is 5.04. The molecule has 1 N–H and O–H groups in total. The molecule has 0 aliphatic rings. The minimum atomic E-state index is 0.211. The molecule has 158 valence electrons. The summed E-state index contributed by atoms with van der Waals surface area (Å²) >= 11 is 15.8. The summed E-state index contributed by atoms with van der Waals surface area (Å²) in [5, 5.41) is 13.7. The number of phenols is 1. The molecule has 0 amide bonds. The Hall–Kier alpha value is -2.57. The smallest absolute Gasteiger partial charge is 0.151 e. The maximum Gasteiger partial charge on any atom is 0.151 e. The van der Waals surface area contributed by atoms with E-state index in [0.29, 0.717) is 21.4 Å². The highest BCUT2D eigenvalue weighted by atomic mass is 35.5. The van der Waals surface area contributed by atoms with E-state index in [4.69, 9.17) is 28.2 Å². The van der Waals surface area contributed by atoms with Gasteiger partial charge in [-0.15, -0.1) is 11.3 Å². The van der Waals surface area contributed by atoms with Crippen LogP contribution in [-0.4, -0.2) is 16.3 Å². The topological polar surface area (TPSA) is 45.5 Å². The number of thioether (sulfide) groups is 1. The molecule has 7 heteroatoms. The van der Waals surface area contributed by atoms with Gasteiger partial charge in [-0.1, -0.05) is 71.4 Å². The zero-order valence-corrected chi connectivity index (χ0v) is 19.8. The Morgan fingerprint density at radius 3 is 2.62 bits per heavy atom. The fraction of sp³-hybridized carbons (Fsp3) is 0.0400. The summed E-state index contributed by atoms with van der Waals surface area (Å²) in [6.07, 6.45) is 1.72. The molecule has 1 aromatic heterocycles. The maximum absolute atomic E-state index is 10.3. The summed E-state index contributed by atoms with van der Waals surface area (Å²) in [4.78, 5) is 9.32. The molecule has 1 heterocycles. The van der Waals surface area contributed by atoms with Crippen molar-refractivity contribution >= 4 is 79.2 Å². The first kappa shape index (κ1) is 21.3. The molecule has 32 heavy (non-hydrogen) atoms. The molecule has 0 aliphatic heterocycles. The first-order valence-corrected chi connectivity index (χ1v) is 12.4. The predicted octanol–water partition coefficient (Wildman–Crippen LogP) is 8.50. The summed E-state index contributed by atoms with van der Waals surface area (Å²) in [5.74, 6) is 0.868. The standard InChI is InChI=1S/C25H16Cl2N2OS2/c26-20-6-3-7-21(27)19(20)14-31-25-29-22-10-9-16(12-24(22)32-25)28-13-18-17-5-2-1-4-15(17)8-11-23(18)30/h1-13,30H,14H2. The number of aromatic hydroxyl groups is 1. The summed E-state index contributed by atoms with van der Waals surface area (Å²) in [6, 6.07) is 23.0. The summed E-state index contributed by atoms with van der Waals surface area (Å²) in [6.45, 7) is 0. The van der Waals surface area contributed by atoms with Crippen molar-refractivity contribution in [1.82, 2.24) is 4.98 Å². The summed E-state index contributed by atoms with van der Waals surface area (Å²) in [5.41, 5.74) is 3.36. The molecular weight excluding hydrogens is 479 g/mol. The molecule has 5 rings (SSSR count). The zero-order valence-electron chi connectivity index (χ0n) is 16.6. The molecule has 0 spiro atoms. The van der Waals surface area contributed by atoms with Gasteiger partial charge >= 0.3 is 0 Å². The van der Waals surface area contributed by atoms with Crippen LogP contribution in [0, 0.1) is 0 Å². The Bertz CT molecular complexity index is 1460. The fourth-order valence-electron chi connectivity index (χ4n) is 3.40. The molecule has 0 fully saturated rings. The van der Waals surface area contributed by atoms with E-state index in [2.05, 4.69) is 4.99 Å². The largest absolute Gasteiger partial charge is 0.507 e. The number of nitrogens with zero attached hydrogens (tertiary/aromatic N) is 2. The predicted molar refractivity (Wildman–Crippen MR) is 139 cm³/mol. The minimum absolute atomic E-state index is 0.211. The van der Waals surface area contributed by atoms with Crippen molar-refractivity contribution in [3.8, 4) is 5.75 Å². The number of thiazole rings is 1. The van der Waals surface area contributed by atoms with Crippen molar-refractivity contribution in [3.63, 3.8) is 0 Å². The lowest BCUT2D eigenvalue weighted by Crippen LogP contribution is -1.85. The average Bonchev–Trinajstić information content (AvgIpc) is 3.20. The first-order chi connectivity index (χ1) is 15.6. The van der Waals surface area contributed by atoms with Crippen molar-refractivity contribution < 1.29 is 5.11 Å². The van der Waals surface area contributed by atoms with Crippen molar-refractivity contribution in [2.24, 2.45) is 4.99 Å². The lowest BCUT2D eigenvalue weighted by molar-refractivity contribution is 0.475. The summed E-state index contributed by atoms with van der Waals surface area (Å²) < 4.78 is 2.00. The SMILES string of the molecule is Oc1ccc2ccccc2c1C=Nc1ccc2nc(SCc3c(Cl)cccc3Cl)sc2c1. The lowest BCUT2D eigenvalue weighted by Gasteiger charge is -2.04. The first-order valence-electron chi connectivity index (χ1n) is 9.79. The Labute approximate surface area is 203 Å². The van der Waals surface area contributed by atoms with Gasteiger partial charge in [-0.2, -0.15) is 0 Å². The van der Waals surface area contributed by atoms with Gasteiger partial charge in [-0.3, -0.25) is 4.99 Å². The molecule has 0 aliphatic carbocycles. The van der Waals surface area contributed by atoms with Crippen molar-refractivity contribution in [2.45, 2.75) is 10.1 Å². The monoisotopic (exact) mass is 494 g/mol. The lowest BCUT2D eigenvalue weighted by atomic mass is 10.0. The van der Waals surface area contributed by atoms with Crippen LogP contribution >= 0.6 is 46.3 Å². The van der Waals surface area contributed by atoms with Crippen LogP contribution in [0.3, 0.4) is 0 Å². The van der Waals surface area contributed by atoms with Crippen LogP contribution in [0.1, 0.15) is 11.1 Å². The zero-order chi connectivity index (χ0) is 22.1. The molecule has 4 aromatic carbocycles. The van der Waals surface area contributed by atoms with Gasteiger partial charge in [0.1, 0.15) is 5.75 Å². The second kappa shape index (κ2) is 9.12. The van der Waals surface area contributed by atoms with Crippen LogP contribution in [0.2, 0.25) is 10.0 Å². The van der Waals surface area contributed by atoms with Crippen molar-refractivity contribution in [2.75, 3.05) is 0 Å².